The smallest absolute Gasteiger partial charge is 0.255 e. The maximum Gasteiger partial charge on any atom is 0.255 e. The normalized spacial score (nSPS) is 19.9. The number of aliphatic hydroxyl groups excluding tert-OH is 1. The third kappa shape index (κ3) is 14.0. The molecule has 0 unspecified atom stereocenters. The number of β-amino-alcohol motifs (C(OH)–C–C–N with tert-alkyl or cyclic N) is 1. The number of likely N-dealkylation sites (tertiary alicyclic amines) is 2. The minimum Gasteiger partial charge on any atom is -0.391 e. The van der Waals surface area contributed by atoms with E-state index in [-0.39, 0.29) is 47.3 Å². The molecule has 2 aromatic carbocycles. The lowest BCUT2D eigenvalue weighted by Crippen LogP contribution is -2.57. The number of carbonyl (C=O) groups is 4. The predicted molar refractivity (Wildman–Crippen MR) is 302 cm³/mol. The summed E-state index contributed by atoms with van der Waals surface area (Å²) in [7, 11) is 0. The highest BCUT2D eigenvalue weighted by atomic mass is 32.2. The maximum atomic E-state index is 14.3. The number of nitrogens with zero attached hydrogens (tertiary/aromatic N) is 9. The van der Waals surface area contributed by atoms with Crippen molar-refractivity contribution >= 4 is 64.2 Å². The van der Waals surface area contributed by atoms with Crippen LogP contribution < -0.4 is 31.5 Å². The molecular weight excluding hydrogens is 1010 g/mol. The number of nitrogens with one attached hydrogen (secondary N) is 3. The van der Waals surface area contributed by atoms with Gasteiger partial charge in [0.05, 0.1) is 46.2 Å². The summed E-state index contributed by atoms with van der Waals surface area (Å²) in [6.45, 7) is 18.0. The van der Waals surface area contributed by atoms with Crippen LogP contribution in [0.3, 0.4) is 0 Å². The fourth-order valence-electron chi connectivity index (χ4n) is 11.0. The van der Waals surface area contributed by atoms with Crippen molar-refractivity contribution in [3.05, 3.63) is 95.6 Å². The van der Waals surface area contributed by atoms with Gasteiger partial charge in [0, 0.05) is 92.6 Å². The topological polar surface area (TPSA) is 228 Å². The van der Waals surface area contributed by atoms with E-state index in [0.717, 1.165) is 134 Å². The number of hydrogen-bond donors (Lipinski definition) is 5. The highest BCUT2D eigenvalue weighted by Gasteiger charge is 2.48. The second-order valence-corrected chi connectivity index (χ2v) is 25.1. The van der Waals surface area contributed by atoms with Gasteiger partial charge in [0.2, 0.25) is 23.7 Å². The Kier molecular flexibility index (Phi) is 17.3. The first-order valence-electron chi connectivity index (χ1n) is 27.1. The number of piperidine rings is 1. The molecule has 77 heavy (non-hydrogen) atoms. The third-order valence-electron chi connectivity index (χ3n) is 15.6. The number of unbranched alkanes of at least 4 members (excludes halogenated alkanes) is 3. The van der Waals surface area contributed by atoms with Crippen LogP contribution in [0.1, 0.15) is 120 Å². The molecule has 4 amide bonds. The number of nitrogens with two attached hydrogens (primary N) is 1. The zero-order valence-corrected chi connectivity index (χ0v) is 47.0. The van der Waals surface area contributed by atoms with E-state index in [1.165, 1.54) is 29.1 Å². The Morgan fingerprint density at radius 2 is 1.60 bits per heavy atom. The predicted octanol–water partition coefficient (Wildman–Crippen LogP) is 7.25. The van der Waals surface area contributed by atoms with Crippen LogP contribution in [0, 0.1) is 17.8 Å². The van der Waals surface area contributed by atoms with Crippen LogP contribution in [0.4, 0.5) is 17.5 Å². The maximum absolute atomic E-state index is 14.3. The molecule has 4 aliphatic heterocycles. The van der Waals surface area contributed by atoms with Crippen LogP contribution in [0.25, 0.3) is 10.4 Å². The van der Waals surface area contributed by atoms with Gasteiger partial charge in [0.1, 0.15) is 22.9 Å². The molecule has 4 atom stereocenters. The third-order valence-corrected chi connectivity index (χ3v) is 17.5. The number of aryl methyl sites for hydroxylation is 1. The minimum atomic E-state index is -0.997. The van der Waals surface area contributed by atoms with E-state index < -0.39 is 35.4 Å². The number of aromatic nitrogens is 5. The molecule has 4 saturated heterocycles. The summed E-state index contributed by atoms with van der Waals surface area (Å²) in [5, 5.41) is 20.6. The molecule has 20 heteroatoms. The van der Waals surface area contributed by atoms with Crippen molar-refractivity contribution in [2.24, 2.45) is 16.6 Å². The Morgan fingerprint density at radius 1 is 0.870 bits per heavy atom. The van der Waals surface area contributed by atoms with Gasteiger partial charge in [-0.3, -0.25) is 19.2 Å². The van der Waals surface area contributed by atoms with Crippen LogP contribution >= 0.6 is 23.1 Å². The van der Waals surface area contributed by atoms with Crippen molar-refractivity contribution in [1.82, 2.24) is 45.4 Å². The Hall–Kier alpha value is -6.06. The van der Waals surface area contributed by atoms with Crippen molar-refractivity contribution in [2.45, 2.75) is 139 Å². The molecule has 0 bridgehead atoms. The van der Waals surface area contributed by atoms with Gasteiger partial charge < -0.3 is 46.4 Å². The quantitative estimate of drug-likeness (QED) is 0.0513. The lowest BCUT2D eigenvalue weighted by atomic mass is 9.79. The molecule has 9 rings (SSSR count). The van der Waals surface area contributed by atoms with Crippen molar-refractivity contribution in [3.63, 3.8) is 0 Å². The van der Waals surface area contributed by atoms with Gasteiger partial charge in [0.25, 0.3) is 5.91 Å². The van der Waals surface area contributed by atoms with E-state index >= 15 is 0 Å². The number of aliphatic hydroxyl groups is 1. The van der Waals surface area contributed by atoms with Crippen molar-refractivity contribution in [3.8, 4) is 10.4 Å². The summed E-state index contributed by atoms with van der Waals surface area (Å²) >= 11 is 3.10. The number of carbonyl (C=O) groups excluding carboxylic acids is 4. The van der Waals surface area contributed by atoms with Crippen molar-refractivity contribution < 1.29 is 24.3 Å². The first-order valence-corrected chi connectivity index (χ1v) is 28.8. The second-order valence-electron chi connectivity index (χ2n) is 23.1. The van der Waals surface area contributed by atoms with Crippen molar-refractivity contribution in [1.29, 1.82) is 0 Å². The average molecular weight is 1090 g/mol. The molecule has 6 N–H and O–H groups in total. The molecule has 4 fully saturated rings. The Balaban J connectivity index is 0.670. The van der Waals surface area contributed by atoms with E-state index in [4.69, 9.17) is 5.73 Å². The van der Waals surface area contributed by atoms with Crippen LogP contribution in [0.15, 0.2) is 88.8 Å². The lowest BCUT2D eigenvalue weighted by molar-refractivity contribution is -0.142. The highest BCUT2D eigenvalue weighted by molar-refractivity contribution is 7.99. The summed E-state index contributed by atoms with van der Waals surface area (Å²) < 4.78 is 0. The summed E-state index contributed by atoms with van der Waals surface area (Å²) in [5.41, 5.74) is 11.4. The number of anilines is 3. The molecule has 0 aliphatic carbocycles. The summed E-state index contributed by atoms with van der Waals surface area (Å²) in [6.07, 6.45) is 13.2. The molecule has 1 spiro atoms. The number of hydrogen-bond acceptors (Lipinski definition) is 16. The molecule has 4 aliphatic rings. The summed E-state index contributed by atoms with van der Waals surface area (Å²) in [5.74, 6) is 0.168. The molecule has 7 heterocycles. The lowest BCUT2D eigenvalue weighted by Gasteiger charge is -2.48. The molecule has 5 aromatic rings. The van der Waals surface area contributed by atoms with Crippen LogP contribution in [-0.2, 0) is 14.4 Å². The molecule has 3 aromatic heterocycles. The van der Waals surface area contributed by atoms with Gasteiger partial charge in [-0.25, -0.2) is 24.9 Å². The van der Waals surface area contributed by atoms with Gasteiger partial charge >= 0.3 is 0 Å². The van der Waals surface area contributed by atoms with E-state index in [9.17, 15) is 24.3 Å². The van der Waals surface area contributed by atoms with E-state index in [1.54, 1.807) is 11.3 Å². The summed E-state index contributed by atoms with van der Waals surface area (Å²) in [6, 6.07) is 13.6. The van der Waals surface area contributed by atoms with Gasteiger partial charge in [-0.1, -0.05) is 75.7 Å². The van der Waals surface area contributed by atoms with E-state index in [0.29, 0.717) is 12.4 Å². The Bertz CT molecular complexity index is 2840. The molecular formula is C57H75N13O5S2. The van der Waals surface area contributed by atoms with E-state index in [2.05, 4.69) is 62.5 Å². The first kappa shape index (κ1) is 55.7. The van der Waals surface area contributed by atoms with Gasteiger partial charge in [-0.15, -0.1) is 11.3 Å². The average Bonchev–Trinajstić information content (AvgIpc) is 4.17. The Labute approximate surface area is 460 Å². The monoisotopic (exact) mass is 1090 g/mol. The largest absolute Gasteiger partial charge is 0.391 e. The number of thiazole rings is 1. The van der Waals surface area contributed by atoms with Crippen LogP contribution in [0.2, 0.25) is 0 Å². The zero-order chi connectivity index (χ0) is 54.5. The molecule has 18 nitrogen and oxygen atoms in total. The molecule has 0 radical (unpaired) electrons. The van der Waals surface area contributed by atoms with Crippen LogP contribution in [0.5, 0.6) is 0 Å². The van der Waals surface area contributed by atoms with Crippen molar-refractivity contribution in [2.75, 3.05) is 67.5 Å². The molecule has 410 valence electrons. The van der Waals surface area contributed by atoms with Gasteiger partial charge in [-0.2, -0.15) is 0 Å². The van der Waals surface area contributed by atoms with Gasteiger partial charge in [-0.05, 0) is 94.2 Å². The number of benzene rings is 2. The molecule has 0 saturated carbocycles. The minimum absolute atomic E-state index is 0.0207. The van der Waals surface area contributed by atoms with Crippen LogP contribution in [-0.4, -0.2) is 140 Å². The standard InChI is InChI=1S/C57H75N13O5S2/c1-37(39-15-17-40(18-16-39)49-38(2)63-36-76-49)64-52(74)45-27-43(71)32-70(45)53(75)50(55(3,4)5)66-51(73)41-28-61-54(62-29-41)69-25-21-57(35-69)33-67(34-57)22-10-8-7-9-14-47(72)65-42-12-11-13-44(26-42)77-48-31-59-46(30-60-48)68-23-19-56(6,58)20-24-68/h11-13,15-18,26,28-31,36-37,43,45,50,71H,7-10,14,19-25,27,32-35,58H2,1-6H3,(H,64,74)(H,65,72)(H,66,73)/t37-,43+,45-,50+/m0/s1. The highest BCUT2D eigenvalue weighted by Crippen LogP contribution is 2.41. The number of amides is 4. The number of rotatable bonds is 19. The van der Waals surface area contributed by atoms with E-state index in [1.807, 2.05) is 101 Å². The fourth-order valence-corrected chi connectivity index (χ4v) is 12.6. The zero-order valence-electron chi connectivity index (χ0n) is 45.3. The second kappa shape index (κ2) is 23.9. The Morgan fingerprint density at radius 3 is 2.29 bits per heavy atom. The fraction of sp³-hybridized carbons (Fsp3) is 0.526. The van der Waals surface area contributed by atoms with Gasteiger partial charge in [0.15, 0.2) is 0 Å². The SMILES string of the molecule is Cc1ncsc1-c1ccc([C@H](C)NC(=O)[C@@H]2C[C@@H](O)CN2C(=O)[C@@H](NC(=O)c2cnc(N3CCC4(CN(CCCCCCC(=O)Nc5cccc(Sc6cnc(N7CCC(C)(N)CC7)cn6)c5)C4)C3)nc2)C(C)(C)C)cc1. The first-order chi connectivity index (χ1) is 36.8. The summed E-state index contributed by atoms with van der Waals surface area (Å²) in [4.78, 5) is 88.0.